The van der Waals surface area contributed by atoms with E-state index in [1.54, 1.807) is 10.9 Å². The average molecular weight is 390 g/mol. The number of anilines is 1. The van der Waals surface area contributed by atoms with Gasteiger partial charge < -0.3 is 9.47 Å². The van der Waals surface area contributed by atoms with Crippen molar-refractivity contribution in [3.63, 3.8) is 0 Å². The number of benzene rings is 2. The fraction of sp³-hybridized carbons (Fsp3) is 0.0500. The molecule has 0 unspecified atom stereocenters. The van der Waals surface area contributed by atoms with Crippen molar-refractivity contribution in [3.05, 3.63) is 72.1 Å². The summed E-state index contributed by atoms with van der Waals surface area (Å²) in [4.78, 5) is 21.4. The van der Waals surface area contributed by atoms with Gasteiger partial charge in [-0.2, -0.15) is 0 Å². The van der Waals surface area contributed by atoms with Crippen LogP contribution in [0.25, 0.3) is 16.9 Å². The highest BCUT2D eigenvalue weighted by atomic mass is 32.1. The van der Waals surface area contributed by atoms with Crippen LogP contribution in [0.3, 0.4) is 0 Å². The summed E-state index contributed by atoms with van der Waals surface area (Å²) in [5.74, 6) is 1.15. The number of para-hydroxylation sites is 1. The SMILES string of the molecule is O=C(Nc1nc(-c2ccc3c(c2)OCO3)cs1)c1cncn1-c1ccccc1. The normalized spacial score (nSPS) is 12.1. The van der Waals surface area contributed by atoms with Crippen LogP contribution < -0.4 is 14.8 Å². The largest absolute Gasteiger partial charge is 0.454 e. The molecule has 0 saturated carbocycles. The lowest BCUT2D eigenvalue weighted by molar-refractivity contribution is 0.102. The number of nitrogens with one attached hydrogen (secondary N) is 1. The summed E-state index contributed by atoms with van der Waals surface area (Å²) in [6.45, 7) is 0.228. The molecule has 5 rings (SSSR count). The lowest BCUT2D eigenvalue weighted by atomic mass is 10.1. The Balaban J connectivity index is 1.37. The highest BCUT2D eigenvalue weighted by Crippen LogP contribution is 2.36. The number of nitrogens with zero attached hydrogens (tertiary/aromatic N) is 3. The average Bonchev–Trinajstić information content (AvgIpc) is 3.48. The third-order valence-corrected chi connectivity index (χ3v) is 5.06. The maximum absolute atomic E-state index is 12.7. The molecule has 1 aliphatic heterocycles. The lowest BCUT2D eigenvalue weighted by Gasteiger charge is -2.07. The number of carbonyl (C=O) groups excluding carboxylic acids is 1. The van der Waals surface area contributed by atoms with E-state index in [-0.39, 0.29) is 12.7 Å². The molecule has 1 aliphatic rings. The Hall–Kier alpha value is -3.65. The molecule has 8 heteroatoms. The lowest BCUT2D eigenvalue weighted by Crippen LogP contribution is -2.15. The van der Waals surface area contributed by atoms with Gasteiger partial charge in [0.1, 0.15) is 5.69 Å². The minimum absolute atomic E-state index is 0.228. The fourth-order valence-electron chi connectivity index (χ4n) is 2.94. The van der Waals surface area contributed by atoms with Gasteiger partial charge in [-0.05, 0) is 30.3 Å². The maximum atomic E-state index is 12.7. The van der Waals surface area contributed by atoms with Crippen LogP contribution in [0.4, 0.5) is 5.13 Å². The molecule has 0 radical (unpaired) electrons. The summed E-state index contributed by atoms with van der Waals surface area (Å²) in [5, 5.41) is 5.25. The van der Waals surface area contributed by atoms with Crippen LogP contribution in [0.15, 0.2) is 66.4 Å². The first-order chi connectivity index (χ1) is 13.8. The van der Waals surface area contributed by atoms with E-state index in [0.29, 0.717) is 16.6 Å². The van der Waals surface area contributed by atoms with Gasteiger partial charge in [-0.3, -0.25) is 14.7 Å². The summed E-state index contributed by atoms with van der Waals surface area (Å²) in [6, 6.07) is 15.2. The number of rotatable bonds is 4. The topological polar surface area (TPSA) is 78.3 Å². The second kappa shape index (κ2) is 6.82. The van der Waals surface area contributed by atoms with Crippen molar-refractivity contribution in [1.82, 2.24) is 14.5 Å². The summed E-state index contributed by atoms with van der Waals surface area (Å²) < 4.78 is 12.5. The molecule has 7 nitrogen and oxygen atoms in total. The molecule has 0 atom stereocenters. The van der Waals surface area contributed by atoms with Crippen LogP contribution in [-0.4, -0.2) is 27.2 Å². The number of amides is 1. The first-order valence-electron chi connectivity index (χ1n) is 8.52. The number of hydrogen-bond acceptors (Lipinski definition) is 6. The van der Waals surface area contributed by atoms with Crippen LogP contribution in [-0.2, 0) is 0 Å². The Labute approximate surface area is 164 Å². The van der Waals surface area contributed by atoms with Crippen LogP contribution in [0.5, 0.6) is 11.5 Å². The highest BCUT2D eigenvalue weighted by molar-refractivity contribution is 7.14. The van der Waals surface area contributed by atoms with Gasteiger partial charge in [0.2, 0.25) is 6.79 Å². The molecular weight excluding hydrogens is 376 g/mol. The number of imidazole rings is 1. The predicted octanol–water partition coefficient (Wildman–Crippen LogP) is 3.98. The zero-order valence-electron chi connectivity index (χ0n) is 14.5. The zero-order chi connectivity index (χ0) is 18.9. The summed E-state index contributed by atoms with van der Waals surface area (Å²) in [7, 11) is 0. The van der Waals surface area contributed by atoms with Crippen molar-refractivity contribution in [3.8, 4) is 28.4 Å². The van der Waals surface area contributed by atoms with Crippen LogP contribution in [0, 0.1) is 0 Å². The van der Waals surface area contributed by atoms with E-state index in [1.165, 1.54) is 17.5 Å². The third-order valence-electron chi connectivity index (χ3n) is 4.30. The number of carbonyl (C=O) groups is 1. The van der Waals surface area contributed by atoms with Gasteiger partial charge in [0.15, 0.2) is 16.6 Å². The quantitative estimate of drug-likeness (QED) is 0.570. The van der Waals surface area contributed by atoms with Gasteiger partial charge in [0.05, 0.1) is 18.2 Å². The Kier molecular flexibility index (Phi) is 4.02. The molecule has 2 aromatic carbocycles. The van der Waals surface area contributed by atoms with Crippen LogP contribution in [0.1, 0.15) is 10.5 Å². The Morgan fingerprint density at radius 3 is 2.86 bits per heavy atom. The second-order valence-corrected chi connectivity index (χ2v) is 6.90. The highest BCUT2D eigenvalue weighted by Gasteiger charge is 2.17. The molecule has 0 bridgehead atoms. The van der Waals surface area contributed by atoms with E-state index in [9.17, 15) is 4.79 Å². The van der Waals surface area contributed by atoms with Crippen molar-refractivity contribution >= 4 is 22.4 Å². The number of ether oxygens (including phenoxy) is 2. The molecule has 1 N–H and O–H groups in total. The Morgan fingerprint density at radius 1 is 1.11 bits per heavy atom. The molecule has 138 valence electrons. The molecule has 0 spiro atoms. The number of thiazole rings is 1. The van der Waals surface area contributed by atoms with Crippen molar-refractivity contribution < 1.29 is 14.3 Å². The molecule has 4 aromatic rings. The first-order valence-corrected chi connectivity index (χ1v) is 9.40. The van der Waals surface area contributed by atoms with E-state index in [1.807, 2.05) is 53.9 Å². The molecule has 0 fully saturated rings. The Bertz CT molecular complexity index is 1150. The fourth-order valence-corrected chi connectivity index (χ4v) is 3.65. The molecular formula is C20H14N4O3S. The standard InChI is InChI=1S/C20H14N4O3S/c25-19(16-9-21-11-24(16)14-4-2-1-3-5-14)23-20-22-15(10-28-20)13-6-7-17-18(8-13)27-12-26-17/h1-11H,12H2,(H,22,23,25). The number of hydrogen-bond donors (Lipinski definition) is 1. The first kappa shape index (κ1) is 16.5. The number of aromatic nitrogens is 3. The van der Waals surface area contributed by atoms with Gasteiger partial charge in [-0.25, -0.2) is 9.97 Å². The molecule has 28 heavy (non-hydrogen) atoms. The van der Waals surface area contributed by atoms with Gasteiger partial charge in [0, 0.05) is 16.6 Å². The molecule has 2 aromatic heterocycles. The third kappa shape index (κ3) is 2.99. The Morgan fingerprint density at radius 2 is 1.96 bits per heavy atom. The summed E-state index contributed by atoms with van der Waals surface area (Å²) in [5.41, 5.74) is 2.96. The zero-order valence-corrected chi connectivity index (χ0v) is 15.3. The van der Waals surface area contributed by atoms with Crippen LogP contribution in [0.2, 0.25) is 0 Å². The molecule has 0 saturated heterocycles. The van der Waals surface area contributed by atoms with Gasteiger partial charge in [-0.15, -0.1) is 11.3 Å². The smallest absolute Gasteiger partial charge is 0.276 e. The molecule has 3 heterocycles. The van der Waals surface area contributed by atoms with E-state index >= 15 is 0 Å². The summed E-state index contributed by atoms with van der Waals surface area (Å²) >= 11 is 1.36. The minimum Gasteiger partial charge on any atom is -0.454 e. The second-order valence-electron chi connectivity index (χ2n) is 6.04. The van der Waals surface area contributed by atoms with E-state index < -0.39 is 0 Å². The number of fused-ring (bicyclic) bond motifs is 1. The van der Waals surface area contributed by atoms with Gasteiger partial charge in [0.25, 0.3) is 5.91 Å². The monoisotopic (exact) mass is 390 g/mol. The van der Waals surface area contributed by atoms with Crippen molar-refractivity contribution in [2.75, 3.05) is 12.1 Å². The molecule has 1 amide bonds. The minimum atomic E-state index is -0.270. The van der Waals surface area contributed by atoms with Crippen LogP contribution >= 0.6 is 11.3 Å². The molecule has 0 aliphatic carbocycles. The van der Waals surface area contributed by atoms with E-state index in [4.69, 9.17) is 9.47 Å². The van der Waals surface area contributed by atoms with Crippen molar-refractivity contribution in [2.24, 2.45) is 0 Å². The van der Waals surface area contributed by atoms with E-state index in [0.717, 1.165) is 22.7 Å². The van der Waals surface area contributed by atoms with Gasteiger partial charge in [-0.1, -0.05) is 18.2 Å². The maximum Gasteiger partial charge on any atom is 0.276 e. The van der Waals surface area contributed by atoms with Crippen molar-refractivity contribution in [2.45, 2.75) is 0 Å². The van der Waals surface area contributed by atoms with Gasteiger partial charge >= 0.3 is 0 Å². The van der Waals surface area contributed by atoms with Crippen molar-refractivity contribution in [1.29, 1.82) is 0 Å². The predicted molar refractivity (Wildman–Crippen MR) is 105 cm³/mol. The van der Waals surface area contributed by atoms with E-state index in [2.05, 4.69) is 15.3 Å². The summed E-state index contributed by atoms with van der Waals surface area (Å²) in [6.07, 6.45) is 3.15.